The molecule has 0 N–H and O–H groups in total. The van der Waals surface area contributed by atoms with E-state index >= 15 is 0 Å². The topological polar surface area (TPSA) is 88.0 Å². The number of nitriles is 1. The van der Waals surface area contributed by atoms with Crippen LogP contribution in [0.5, 0.6) is 0 Å². The summed E-state index contributed by atoms with van der Waals surface area (Å²) < 4.78 is 21.4. The molecule has 0 spiro atoms. The molecule has 166 valence electrons. The van der Waals surface area contributed by atoms with Gasteiger partial charge in [-0.05, 0) is 75.9 Å². The summed E-state index contributed by atoms with van der Waals surface area (Å²) in [5.74, 6) is 0.112. The van der Waals surface area contributed by atoms with Crippen molar-refractivity contribution in [3.63, 3.8) is 0 Å². The first-order valence-corrected chi connectivity index (χ1v) is 10.9. The van der Waals surface area contributed by atoms with Crippen LogP contribution in [-0.2, 0) is 19.6 Å². The van der Waals surface area contributed by atoms with Crippen molar-refractivity contribution in [3.05, 3.63) is 105 Å². The quantitative estimate of drug-likeness (QED) is 0.357. The van der Waals surface area contributed by atoms with Gasteiger partial charge >= 0.3 is 0 Å². The first-order chi connectivity index (χ1) is 15.9. The first kappa shape index (κ1) is 22.4. The maximum absolute atomic E-state index is 13.6. The van der Waals surface area contributed by atoms with Gasteiger partial charge in [-0.3, -0.25) is 4.79 Å². The molecule has 7 nitrogen and oxygen atoms in total. The third-order valence-corrected chi connectivity index (χ3v) is 5.63. The third kappa shape index (κ3) is 5.35. The van der Waals surface area contributed by atoms with Gasteiger partial charge in [-0.2, -0.15) is 5.26 Å². The lowest BCUT2D eigenvalue weighted by molar-refractivity contribution is 0.0689. The van der Waals surface area contributed by atoms with Crippen molar-refractivity contribution in [2.24, 2.45) is 0 Å². The molecule has 2 aromatic carbocycles. The number of furan rings is 1. The van der Waals surface area contributed by atoms with Gasteiger partial charge in [-0.25, -0.2) is 4.39 Å². The maximum atomic E-state index is 13.6. The Labute approximate surface area is 198 Å². The average Bonchev–Trinajstić information content (AvgIpc) is 3.43. The van der Waals surface area contributed by atoms with E-state index in [9.17, 15) is 9.18 Å². The zero-order valence-electron chi connectivity index (χ0n) is 17.7. The molecule has 4 aromatic rings. The number of benzene rings is 2. The number of hydrogen-bond acceptors (Lipinski definition) is 5. The van der Waals surface area contributed by atoms with E-state index in [0.717, 1.165) is 16.7 Å². The van der Waals surface area contributed by atoms with E-state index in [1.54, 1.807) is 48.5 Å². The molecule has 0 radical (unpaired) electrons. The summed E-state index contributed by atoms with van der Waals surface area (Å²) in [4.78, 5) is 14.8. The zero-order valence-corrected chi connectivity index (χ0v) is 19.3. The molecule has 0 saturated heterocycles. The standard InChI is InChI=1S/C24H19BrFN5O2/c1-16-10-20(26)7-6-19(16)13-30(24(32)21-8-9-22(25)33-21)14-23-29-28-15-31(23)12-18-4-2-17(11-27)3-5-18/h2-10,15H,12-14H2,1H3. The molecule has 2 heterocycles. The second-order valence-corrected chi connectivity index (χ2v) is 8.30. The van der Waals surface area contributed by atoms with Crippen molar-refractivity contribution in [1.29, 1.82) is 5.26 Å². The summed E-state index contributed by atoms with van der Waals surface area (Å²) in [6.07, 6.45) is 1.60. The van der Waals surface area contributed by atoms with Gasteiger partial charge in [0, 0.05) is 6.54 Å². The first-order valence-electron chi connectivity index (χ1n) is 10.1. The van der Waals surface area contributed by atoms with Gasteiger partial charge in [0.25, 0.3) is 5.91 Å². The van der Waals surface area contributed by atoms with Gasteiger partial charge in [-0.15, -0.1) is 10.2 Å². The van der Waals surface area contributed by atoms with Crippen LogP contribution in [0, 0.1) is 24.1 Å². The molecule has 0 fully saturated rings. The van der Waals surface area contributed by atoms with Gasteiger partial charge in [0.05, 0.1) is 24.7 Å². The summed E-state index contributed by atoms with van der Waals surface area (Å²) in [6, 6.07) is 17.1. The van der Waals surface area contributed by atoms with Crippen LogP contribution in [0.2, 0.25) is 0 Å². The lowest BCUT2D eigenvalue weighted by Gasteiger charge is -2.22. The smallest absolute Gasteiger partial charge is 0.290 e. The minimum absolute atomic E-state index is 0.171. The fourth-order valence-corrected chi connectivity index (χ4v) is 3.72. The number of aromatic nitrogens is 3. The molecule has 0 saturated carbocycles. The van der Waals surface area contributed by atoms with E-state index in [0.29, 0.717) is 22.6 Å². The normalized spacial score (nSPS) is 10.7. The number of amides is 1. The molecule has 2 aromatic heterocycles. The highest BCUT2D eigenvalue weighted by Gasteiger charge is 2.23. The number of carbonyl (C=O) groups excluding carboxylic acids is 1. The fourth-order valence-electron chi connectivity index (χ4n) is 3.41. The van der Waals surface area contributed by atoms with Crippen molar-refractivity contribution in [1.82, 2.24) is 19.7 Å². The van der Waals surface area contributed by atoms with Crippen LogP contribution in [0.1, 0.15) is 38.6 Å². The Morgan fingerprint density at radius 3 is 2.64 bits per heavy atom. The predicted molar refractivity (Wildman–Crippen MR) is 121 cm³/mol. The van der Waals surface area contributed by atoms with Crippen LogP contribution in [0.3, 0.4) is 0 Å². The minimum atomic E-state index is -0.328. The van der Waals surface area contributed by atoms with E-state index in [2.05, 4.69) is 32.2 Å². The van der Waals surface area contributed by atoms with Gasteiger partial charge in [0.1, 0.15) is 12.1 Å². The van der Waals surface area contributed by atoms with Crippen LogP contribution in [0.25, 0.3) is 0 Å². The second kappa shape index (κ2) is 9.79. The van der Waals surface area contributed by atoms with Gasteiger partial charge < -0.3 is 13.9 Å². The maximum Gasteiger partial charge on any atom is 0.290 e. The highest BCUT2D eigenvalue weighted by molar-refractivity contribution is 9.10. The molecular weight excluding hydrogens is 489 g/mol. The monoisotopic (exact) mass is 507 g/mol. The Morgan fingerprint density at radius 1 is 1.18 bits per heavy atom. The molecule has 0 aliphatic rings. The fraction of sp³-hybridized carbons (Fsp3) is 0.167. The Hall–Kier alpha value is -3.77. The predicted octanol–water partition coefficient (Wildman–Crippen LogP) is 4.84. The molecule has 0 aliphatic heterocycles. The molecule has 9 heteroatoms. The second-order valence-electron chi connectivity index (χ2n) is 7.52. The molecule has 0 atom stereocenters. The Kier molecular flexibility index (Phi) is 6.66. The summed E-state index contributed by atoms with van der Waals surface area (Å²) in [5, 5.41) is 17.2. The minimum Gasteiger partial charge on any atom is -0.444 e. The van der Waals surface area contributed by atoms with Crippen molar-refractivity contribution in [2.45, 2.75) is 26.6 Å². The molecule has 0 aliphatic carbocycles. The van der Waals surface area contributed by atoms with Gasteiger partial charge in [0.15, 0.2) is 16.3 Å². The number of rotatable bonds is 7. The average molecular weight is 508 g/mol. The van der Waals surface area contributed by atoms with Crippen molar-refractivity contribution < 1.29 is 13.6 Å². The number of carbonyl (C=O) groups is 1. The summed E-state index contributed by atoms with van der Waals surface area (Å²) in [7, 11) is 0. The number of nitrogens with zero attached hydrogens (tertiary/aromatic N) is 5. The summed E-state index contributed by atoms with van der Waals surface area (Å²) >= 11 is 3.23. The highest BCUT2D eigenvalue weighted by Crippen LogP contribution is 2.20. The van der Waals surface area contributed by atoms with Gasteiger partial charge in [-0.1, -0.05) is 18.2 Å². The number of hydrogen-bond donors (Lipinski definition) is 0. The number of halogens is 2. The largest absolute Gasteiger partial charge is 0.444 e. The molecule has 4 rings (SSSR count). The van der Waals surface area contributed by atoms with E-state index in [-0.39, 0.29) is 30.6 Å². The van der Waals surface area contributed by atoms with Crippen LogP contribution < -0.4 is 0 Å². The Morgan fingerprint density at radius 2 is 1.97 bits per heavy atom. The molecule has 33 heavy (non-hydrogen) atoms. The van der Waals surface area contributed by atoms with Crippen LogP contribution in [-0.4, -0.2) is 25.6 Å². The van der Waals surface area contributed by atoms with Crippen LogP contribution in [0.4, 0.5) is 4.39 Å². The molecule has 0 unspecified atom stereocenters. The van der Waals surface area contributed by atoms with E-state index in [1.807, 2.05) is 16.7 Å². The van der Waals surface area contributed by atoms with Crippen LogP contribution in [0.15, 0.2) is 70.0 Å². The van der Waals surface area contributed by atoms with Crippen molar-refractivity contribution in [3.8, 4) is 6.07 Å². The Bertz CT molecular complexity index is 1320. The van der Waals surface area contributed by atoms with Gasteiger partial charge in [0.2, 0.25) is 0 Å². The van der Waals surface area contributed by atoms with E-state index in [1.165, 1.54) is 12.1 Å². The molecule has 0 bridgehead atoms. The Balaban J connectivity index is 1.60. The summed E-state index contributed by atoms with van der Waals surface area (Å²) in [5.41, 5.74) is 3.11. The third-order valence-electron chi connectivity index (χ3n) is 5.20. The molecular formula is C24H19BrFN5O2. The zero-order chi connectivity index (χ0) is 23.4. The lowest BCUT2D eigenvalue weighted by Crippen LogP contribution is -2.31. The highest BCUT2D eigenvalue weighted by atomic mass is 79.9. The van der Waals surface area contributed by atoms with E-state index in [4.69, 9.17) is 9.68 Å². The van der Waals surface area contributed by atoms with Crippen molar-refractivity contribution in [2.75, 3.05) is 0 Å². The van der Waals surface area contributed by atoms with Crippen LogP contribution >= 0.6 is 15.9 Å². The SMILES string of the molecule is Cc1cc(F)ccc1CN(Cc1nncn1Cc1ccc(C#N)cc1)C(=O)c1ccc(Br)o1. The molecule has 1 amide bonds. The van der Waals surface area contributed by atoms with Crippen molar-refractivity contribution >= 4 is 21.8 Å². The summed E-state index contributed by atoms with van der Waals surface area (Å²) in [6.45, 7) is 2.70. The lowest BCUT2D eigenvalue weighted by atomic mass is 10.1. The number of aryl methyl sites for hydroxylation is 1. The van der Waals surface area contributed by atoms with E-state index < -0.39 is 0 Å².